The van der Waals surface area contributed by atoms with Crippen molar-refractivity contribution in [1.82, 2.24) is 24.8 Å². The topological polar surface area (TPSA) is 106 Å². The lowest BCUT2D eigenvalue weighted by molar-refractivity contribution is -0.127. The molecule has 1 aliphatic heterocycles. The summed E-state index contributed by atoms with van der Waals surface area (Å²) in [5.74, 6) is 0.840. The van der Waals surface area contributed by atoms with Crippen LogP contribution in [0, 0.1) is 11.8 Å². The predicted octanol–water partition coefficient (Wildman–Crippen LogP) is 1.98. The van der Waals surface area contributed by atoms with Crippen LogP contribution in [0.3, 0.4) is 0 Å². The zero-order valence-electron chi connectivity index (χ0n) is 18.2. The van der Waals surface area contributed by atoms with Crippen LogP contribution >= 0.6 is 0 Å². The fourth-order valence-electron chi connectivity index (χ4n) is 4.44. The summed E-state index contributed by atoms with van der Waals surface area (Å²) in [7, 11) is -3.61. The Balaban J connectivity index is 1.44. The van der Waals surface area contributed by atoms with E-state index in [0.717, 1.165) is 43.4 Å². The minimum atomic E-state index is -3.61. The number of nitrogens with zero attached hydrogens (tertiary/aromatic N) is 4. The lowest BCUT2D eigenvalue weighted by atomic mass is 9.87. The van der Waals surface area contributed by atoms with Gasteiger partial charge in [-0.25, -0.2) is 8.42 Å². The highest BCUT2D eigenvalue weighted by Crippen LogP contribution is 2.25. The van der Waals surface area contributed by atoms with Crippen LogP contribution in [0.5, 0.6) is 0 Å². The van der Waals surface area contributed by atoms with E-state index in [-0.39, 0.29) is 23.5 Å². The maximum atomic E-state index is 13.1. The molecule has 31 heavy (non-hydrogen) atoms. The second kappa shape index (κ2) is 9.12. The number of nitrogens with one attached hydrogen (secondary N) is 1. The molecule has 1 N–H and O–H groups in total. The molecule has 1 amide bonds. The molecule has 2 aliphatic rings. The molecule has 1 aromatic heterocycles. The maximum absolute atomic E-state index is 13.1. The fourth-order valence-corrected chi connectivity index (χ4v) is 6.06. The summed E-state index contributed by atoms with van der Waals surface area (Å²) in [6, 6.07) is 4.87. The summed E-state index contributed by atoms with van der Waals surface area (Å²) < 4.78 is 27.7. The normalized spacial score (nSPS) is 25.4. The molecular formula is C21H31N5O4S. The van der Waals surface area contributed by atoms with Gasteiger partial charge in [0.15, 0.2) is 6.61 Å². The van der Waals surface area contributed by atoms with Crippen LogP contribution in [0.25, 0.3) is 11.0 Å². The first-order valence-corrected chi connectivity index (χ1v) is 12.5. The maximum Gasteiger partial charge on any atom is 0.260 e. The monoisotopic (exact) mass is 449 g/mol. The van der Waals surface area contributed by atoms with Gasteiger partial charge in [0.1, 0.15) is 11.0 Å². The van der Waals surface area contributed by atoms with Crippen LogP contribution in [0.2, 0.25) is 0 Å². The second-order valence-electron chi connectivity index (χ2n) is 9.02. The predicted molar refractivity (Wildman–Crippen MR) is 116 cm³/mol. The van der Waals surface area contributed by atoms with Crippen LogP contribution in [-0.4, -0.2) is 59.5 Å². The van der Waals surface area contributed by atoms with Gasteiger partial charge in [-0.2, -0.15) is 4.31 Å². The van der Waals surface area contributed by atoms with Crippen molar-refractivity contribution in [3.05, 3.63) is 18.2 Å². The van der Waals surface area contributed by atoms with Crippen LogP contribution in [0.4, 0.5) is 0 Å². The Kier molecular flexibility index (Phi) is 6.47. The number of carbonyl (C=O) groups excluding carboxylic acids is 1. The van der Waals surface area contributed by atoms with E-state index >= 15 is 0 Å². The highest BCUT2D eigenvalue weighted by atomic mass is 32.2. The zero-order chi connectivity index (χ0) is 22.0. The van der Waals surface area contributed by atoms with Crippen molar-refractivity contribution in [2.45, 2.75) is 63.3 Å². The number of hydrogen-bond donors (Lipinski definition) is 1. The van der Waals surface area contributed by atoms with Crippen molar-refractivity contribution in [1.29, 1.82) is 0 Å². The van der Waals surface area contributed by atoms with Gasteiger partial charge in [-0.1, -0.05) is 18.7 Å². The largest absolute Gasteiger partial charge is 0.385 e. The number of carbonyl (C=O) groups is 1. The van der Waals surface area contributed by atoms with E-state index in [1.807, 2.05) is 0 Å². The van der Waals surface area contributed by atoms with Crippen LogP contribution < -0.4 is 10.2 Å². The number of aromatic nitrogens is 3. The van der Waals surface area contributed by atoms with E-state index in [1.54, 1.807) is 12.1 Å². The molecule has 1 unspecified atom stereocenters. The van der Waals surface area contributed by atoms with E-state index in [0.29, 0.717) is 36.0 Å². The molecule has 1 aliphatic carbocycles. The molecular weight excluding hydrogens is 418 g/mol. The molecule has 1 aromatic carbocycles. The van der Waals surface area contributed by atoms with Gasteiger partial charge in [0.05, 0.1) is 4.90 Å². The third kappa shape index (κ3) is 5.01. The molecule has 0 radical (unpaired) electrons. The molecule has 9 nitrogen and oxygen atoms in total. The van der Waals surface area contributed by atoms with Gasteiger partial charge in [0, 0.05) is 19.1 Å². The van der Waals surface area contributed by atoms with Crippen molar-refractivity contribution in [2.24, 2.45) is 11.8 Å². The van der Waals surface area contributed by atoms with E-state index < -0.39 is 10.0 Å². The Morgan fingerprint density at radius 3 is 2.68 bits per heavy atom. The molecule has 10 heteroatoms. The molecule has 1 saturated heterocycles. The Bertz CT molecular complexity index is 1030. The van der Waals surface area contributed by atoms with Gasteiger partial charge < -0.3 is 10.2 Å². The molecule has 0 spiro atoms. The van der Waals surface area contributed by atoms with Gasteiger partial charge in [0.25, 0.3) is 5.91 Å². The molecule has 1 saturated carbocycles. The van der Waals surface area contributed by atoms with Crippen molar-refractivity contribution >= 4 is 27.0 Å². The number of piperidine rings is 1. The SMILES string of the molecule is CC1CCC(NC(=O)COn2nnc3ccc(S(=O)(=O)N4CCCC(C)C4)cc32)CC1. The number of benzene rings is 1. The lowest BCUT2D eigenvalue weighted by Crippen LogP contribution is -2.41. The summed E-state index contributed by atoms with van der Waals surface area (Å²) >= 11 is 0. The molecule has 170 valence electrons. The smallest absolute Gasteiger partial charge is 0.260 e. The van der Waals surface area contributed by atoms with E-state index in [4.69, 9.17) is 4.84 Å². The molecule has 4 rings (SSSR count). The summed E-state index contributed by atoms with van der Waals surface area (Å²) in [6.07, 6.45) is 6.10. The molecule has 0 bridgehead atoms. The first-order valence-electron chi connectivity index (χ1n) is 11.1. The van der Waals surface area contributed by atoms with Crippen LogP contribution in [0.15, 0.2) is 23.1 Å². The van der Waals surface area contributed by atoms with Crippen molar-refractivity contribution in [3.8, 4) is 0 Å². The van der Waals surface area contributed by atoms with E-state index in [2.05, 4.69) is 29.5 Å². The van der Waals surface area contributed by atoms with Gasteiger partial charge >= 0.3 is 0 Å². The lowest BCUT2D eigenvalue weighted by Gasteiger charge is -2.30. The van der Waals surface area contributed by atoms with Gasteiger partial charge in [-0.05, 0) is 73.8 Å². The van der Waals surface area contributed by atoms with Gasteiger partial charge in [-0.15, -0.1) is 5.10 Å². The Labute approximate surface area is 183 Å². The summed E-state index contributed by atoms with van der Waals surface area (Å²) in [5, 5.41) is 10.9. The number of sulfonamides is 1. The quantitative estimate of drug-likeness (QED) is 0.723. The van der Waals surface area contributed by atoms with Gasteiger partial charge in [0.2, 0.25) is 10.0 Å². The first-order chi connectivity index (χ1) is 14.8. The third-order valence-electron chi connectivity index (χ3n) is 6.34. The van der Waals surface area contributed by atoms with E-state index in [1.165, 1.54) is 10.4 Å². The standard InChI is InChI=1S/C21H31N5O4S/c1-15-5-7-17(8-6-15)22-21(27)14-30-26-20-12-18(9-10-19(20)23-24-26)31(28,29)25-11-3-4-16(2)13-25/h9-10,12,15-17H,3-8,11,13-14H2,1-2H3,(H,22,27). The minimum absolute atomic E-state index is 0.182. The number of amides is 1. The highest BCUT2D eigenvalue weighted by Gasteiger charge is 2.29. The Morgan fingerprint density at radius 2 is 1.94 bits per heavy atom. The number of rotatable bonds is 6. The van der Waals surface area contributed by atoms with E-state index in [9.17, 15) is 13.2 Å². The van der Waals surface area contributed by atoms with Crippen molar-refractivity contribution < 1.29 is 18.0 Å². The summed E-state index contributed by atoms with van der Waals surface area (Å²) in [5.41, 5.74) is 0.929. The highest BCUT2D eigenvalue weighted by molar-refractivity contribution is 7.89. The first kappa shape index (κ1) is 22.0. The number of hydrogen-bond acceptors (Lipinski definition) is 6. The van der Waals surface area contributed by atoms with Crippen LogP contribution in [0.1, 0.15) is 52.4 Å². The fraction of sp³-hybridized carbons (Fsp3) is 0.667. The Morgan fingerprint density at radius 1 is 1.16 bits per heavy atom. The van der Waals surface area contributed by atoms with Crippen LogP contribution in [-0.2, 0) is 14.8 Å². The second-order valence-corrected chi connectivity index (χ2v) is 11.0. The average molecular weight is 450 g/mol. The van der Waals surface area contributed by atoms with Crippen molar-refractivity contribution in [3.63, 3.8) is 0 Å². The average Bonchev–Trinajstić information content (AvgIpc) is 3.16. The summed E-state index contributed by atoms with van der Waals surface area (Å²) in [4.78, 5) is 19.1. The molecule has 1 atom stereocenters. The molecule has 2 heterocycles. The molecule has 2 fully saturated rings. The third-order valence-corrected chi connectivity index (χ3v) is 8.20. The summed E-state index contributed by atoms with van der Waals surface area (Å²) in [6.45, 7) is 5.15. The van der Waals surface area contributed by atoms with Crippen molar-refractivity contribution in [2.75, 3.05) is 19.7 Å². The zero-order valence-corrected chi connectivity index (χ0v) is 19.0. The Hall–Kier alpha value is -2.20. The minimum Gasteiger partial charge on any atom is -0.385 e. The van der Waals surface area contributed by atoms with Gasteiger partial charge in [-0.3, -0.25) is 4.79 Å². The molecule has 2 aromatic rings. The number of fused-ring (bicyclic) bond motifs is 1.